The summed E-state index contributed by atoms with van der Waals surface area (Å²) in [4.78, 5) is 0. The predicted molar refractivity (Wildman–Crippen MR) is 77.8 cm³/mol. The summed E-state index contributed by atoms with van der Waals surface area (Å²) in [5.41, 5.74) is 1.02. The third-order valence-electron chi connectivity index (χ3n) is 3.83. The first-order valence-electron chi connectivity index (χ1n) is 7.24. The molecule has 120 valence electrons. The van der Waals surface area contributed by atoms with Crippen molar-refractivity contribution in [2.45, 2.75) is 37.0 Å². The van der Waals surface area contributed by atoms with E-state index in [2.05, 4.69) is 0 Å². The molecule has 0 saturated carbocycles. The molecular formula is C16H20O6. The van der Waals surface area contributed by atoms with Crippen LogP contribution in [0.25, 0.3) is 6.08 Å². The van der Waals surface area contributed by atoms with Crippen LogP contribution in [0.4, 0.5) is 0 Å². The van der Waals surface area contributed by atoms with Crippen LogP contribution in [-0.2, 0) is 18.9 Å². The molecule has 0 aromatic heterocycles. The van der Waals surface area contributed by atoms with Gasteiger partial charge in [0.25, 0.3) is 0 Å². The summed E-state index contributed by atoms with van der Waals surface area (Å²) >= 11 is 0. The molecule has 6 atom stereocenters. The average molecular weight is 308 g/mol. The van der Waals surface area contributed by atoms with Crippen LogP contribution in [0.2, 0.25) is 0 Å². The van der Waals surface area contributed by atoms with E-state index in [1.165, 1.54) is 7.11 Å². The van der Waals surface area contributed by atoms with Crippen molar-refractivity contribution in [1.82, 2.24) is 0 Å². The minimum Gasteiger partial charge on any atom is -0.387 e. The van der Waals surface area contributed by atoms with Crippen LogP contribution in [-0.4, -0.2) is 60.9 Å². The summed E-state index contributed by atoms with van der Waals surface area (Å²) in [5.74, 6) is 0. The molecule has 2 fully saturated rings. The Morgan fingerprint density at radius 2 is 1.91 bits per heavy atom. The molecule has 0 aliphatic carbocycles. The van der Waals surface area contributed by atoms with Crippen molar-refractivity contribution in [2.75, 3.05) is 13.7 Å². The van der Waals surface area contributed by atoms with Gasteiger partial charge in [0.05, 0.1) is 6.61 Å². The van der Waals surface area contributed by atoms with E-state index in [0.29, 0.717) is 0 Å². The van der Waals surface area contributed by atoms with Crippen molar-refractivity contribution in [3.05, 3.63) is 42.0 Å². The fourth-order valence-electron chi connectivity index (χ4n) is 2.64. The van der Waals surface area contributed by atoms with Gasteiger partial charge in [0.1, 0.15) is 24.4 Å². The number of aliphatic hydroxyl groups is 2. The second kappa shape index (κ2) is 6.87. The van der Waals surface area contributed by atoms with Crippen LogP contribution in [0.5, 0.6) is 0 Å². The van der Waals surface area contributed by atoms with Crippen molar-refractivity contribution >= 4 is 6.08 Å². The molecule has 6 nitrogen and oxygen atoms in total. The normalized spacial score (nSPS) is 38.9. The zero-order valence-corrected chi connectivity index (χ0v) is 12.2. The Labute approximate surface area is 128 Å². The maximum Gasteiger partial charge on any atom is 0.186 e. The lowest BCUT2D eigenvalue weighted by atomic mass is 9.98. The highest BCUT2D eigenvalue weighted by molar-refractivity contribution is 5.49. The lowest BCUT2D eigenvalue weighted by Gasteiger charge is -2.45. The van der Waals surface area contributed by atoms with Gasteiger partial charge in [-0.25, -0.2) is 0 Å². The first kappa shape index (κ1) is 15.6. The van der Waals surface area contributed by atoms with Crippen LogP contribution in [0, 0.1) is 0 Å². The molecule has 6 heteroatoms. The summed E-state index contributed by atoms with van der Waals surface area (Å²) < 4.78 is 21.8. The monoisotopic (exact) mass is 308 g/mol. The molecular weight excluding hydrogens is 288 g/mol. The van der Waals surface area contributed by atoms with E-state index in [1.54, 1.807) is 6.08 Å². The fourth-order valence-corrected chi connectivity index (χ4v) is 2.64. The van der Waals surface area contributed by atoms with E-state index in [4.69, 9.17) is 18.9 Å². The van der Waals surface area contributed by atoms with Crippen LogP contribution in [0.3, 0.4) is 0 Å². The van der Waals surface area contributed by atoms with E-state index in [0.717, 1.165) is 5.56 Å². The van der Waals surface area contributed by atoms with Gasteiger partial charge in [-0.1, -0.05) is 36.4 Å². The van der Waals surface area contributed by atoms with Crippen molar-refractivity contribution in [3.8, 4) is 0 Å². The second-order valence-electron chi connectivity index (χ2n) is 5.33. The predicted octanol–water partition coefficient (Wildman–Crippen LogP) is 0.534. The van der Waals surface area contributed by atoms with Gasteiger partial charge in [0, 0.05) is 7.11 Å². The SMILES string of the molecule is CO[C@H]1OC2COC(/C=C/c3ccccc3)O[C@H]2C(O)[C@@H]1O. The Kier molecular flexibility index (Phi) is 4.87. The van der Waals surface area contributed by atoms with Crippen molar-refractivity contribution in [2.24, 2.45) is 0 Å². The smallest absolute Gasteiger partial charge is 0.186 e. The number of fused-ring (bicyclic) bond motifs is 1. The maximum absolute atomic E-state index is 10.2. The van der Waals surface area contributed by atoms with Crippen molar-refractivity contribution in [3.63, 3.8) is 0 Å². The molecule has 3 rings (SSSR count). The Bertz CT molecular complexity index is 503. The Balaban J connectivity index is 1.64. The zero-order chi connectivity index (χ0) is 15.5. The van der Waals surface area contributed by atoms with Crippen molar-refractivity contribution < 1.29 is 29.2 Å². The van der Waals surface area contributed by atoms with Crippen LogP contribution in [0.15, 0.2) is 36.4 Å². The summed E-state index contributed by atoms with van der Waals surface area (Å²) in [6.45, 7) is 0.262. The second-order valence-corrected chi connectivity index (χ2v) is 5.33. The number of methoxy groups -OCH3 is 1. The van der Waals surface area contributed by atoms with Crippen molar-refractivity contribution in [1.29, 1.82) is 0 Å². The number of aliphatic hydroxyl groups excluding tert-OH is 2. The Morgan fingerprint density at radius 1 is 1.14 bits per heavy atom. The van der Waals surface area contributed by atoms with Gasteiger partial charge in [0.2, 0.25) is 0 Å². The number of hydrogen-bond donors (Lipinski definition) is 2. The third kappa shape index (κ3) is 3.22. The first-order chi connectivity index (χ1) is 10.7. The third-order valence-corrected chi connectivity index (χ3v) is 3.83. The standard InChI is InChI=1S/C16H20O6/c1-19-16-14(18)13(17)15-11(21-16)9-20-12(22-15)8-7-10-5-3-2-4-6-10/h2-8,11-18H,9H2,1H3/b8-7+/t11?,12?,13?,14-,15+,16-/m0/s1. The molecule has 0 spiro atoms. The average Bonchev–Trinajstić information content (AvgIpc) is 2.57. The lowest BCUT2D eigenvalue weighted by molar-refractivity contribution is -0.347. The van der Waals surface area contributed by atoms with E-state index < -0.39 is 37.0 Å². The van der Waals surface area contributed by atoms with Gasteiger partial charge < -0.3 is 29.2 Å². The van der Waals surface area contributed by atoms with Crippen LogP contribution < -0.4 is 0 Å². The van der Waals surface area contributed by atoms with E-state index in [-0.39, 0.29) is 6.61 Å². The fraction of sp³-hybridized carbons (Fsp3) is 0.500. The number of rotatable bonds is 3. The highest BCUT2D eigenvalue weighted by Gasteiger charge is 2.48. The minimum absolute atomic E-state index is 0.262. The summed E-state index contributed by atoms with van der Waals surface area (Å²) in [6, 6.07) is 9.76. The van der Waals surface area contributed by atoms with E-state index >= 15 is 0 Å². The molecule has 0 radical (unpaired) electrons. The van der Waals surface area contributed by atoms with Gasteiger partial charge in [-0.05, 0) is 11.6 Å². The van der Waals surface area contributed by atoms with Gasteiger partial charge in [0.15, 0.2) is 12.6 Å². The van der Waals surface area contributed by atoms with Gasteiger partial charge in [-0.2, -0.15) is 0 Å². The molecule has 0 amide bonds. The van der Waals surface area contributed by atoms with E-state index in [9.17, 15) is 10.2 Å². The molecule has 0 bridgehead atoms. The number of benzene rings is 1. The number of ether oxygens (including phenoxy) is 4. The molecule has 1 aromatic rings. The Hall–Kier alpha value is -1.28. The Morgan fingerprint density at radius 3 is 2.64 bits per heavy atom. The van der Waals surface area contributed by atoms with Crippen LogP contribution >= 0.6 is 0 Å². The topological polar surface area (TPSA) is 77.4 Å². The summed E-state index contributed by atoms with van der Waals surface area (Å²) in [5, 5.41) is 20.1. The molecule has 3 unspecified atom stereocenters. The molecule has 2 aliphatic rings. The van der Waals surface area contributed by atoms with E-state index in [1.807, 2.05) is 36.4 Å². The molecule has 2 saturated heterocycles. The largest absolute Gasteiger partial charge is 0.387 e. The van der Waals surface area contributed by atoms with Gasteiger partial charge in [-0.3, -0.25) is 0 Å². The first-order valence-corrected chi connectivity index (χ1v) is 7.24. The quantitative estimate of drug-likeness (QED) is 0.848. The molecule has 22 heavy (non-hydrogen) atoms. The number of hydrogen-bond acceptors (Lipinski definition) is 6. The van der Waals surface area contributed by atoms with Gasteiger partial charge in [-0.15, -0.1) is 0 Å². The molecule has 2 heterocycles. The summed E-state index contributed by atoms with van der Waals surface area (Å²) in [7, 11) is 1.41. The van der Waals surface area contributed by atoms with Crippen LogP contribution in [0.1, 0.15) is 5.56 Å². The maximum atomic E-state index is 10.2. The lowest BCUT2D eigenvalue weighted by Crippen LogP contribution is -2.62. The minimum atomic E-state index is -1.15. The molecule has 2 aliphatic heterocycles. The highest BCUT2D eigenvalue weighted by Crippen LogP contribution is 2.29. The zero-order valence-electron chi connectivity index (χ0n) is 12.2. The summed E-state index contributed by atoms with van der Waals surface area (Å²) in [6.07, 6.45) is -1.16. The molecule has 1 aromatic carbocycles. The molecule has 2 N–H and O–H groups in total. The highest BCUT2D eigenvalue weighted by atomic mass is 16.7. The van der Waals surface area contributed by atoms with Gasteiger partial charge >= 0.3 is 0 Å².